The molecule has 0 amide bonds. The summed E-state index contributed by atoms with van der Waals surface area (Å²) in [6, 6.07) is 13.2. The Kier molecular flexibility index (Phi) is 4.33. The summed E-state index contributed by atoms with van der Waals surface area (Å²) in [4.78, 5) is 0. The standard InChI is InChI=1S/C17H12Cl2N4OS/c1-24-12-5-2-10(3-6-12)16-20-21-17-23(16)22-15(9-25-17)11-4-7-13(18)14(19)8-11/h2-9,22H,1H3. The van der Waals surface area contributed by atoms with Gasteiger partial charge in [0.05, 0.1) is 22.9 Å². The van der Waals surface area contributed by atoms with Gasteiger partial charge < -0.3 is 4.74 Å². The third-order valence-electron chi connectivity index (χ3n) is 3.73. The molecule has 25 heavy (non-hydrogen) atoms. The lowest BCUT2D eigenvalue weighted by Gasteiger charge is -2.19. The predicted octanol–water partition coefficient (Wildman–Crippen LogP) is 4.91. The van der Waals surface area contributed by atoms with Crippen LogP contribution >= 0.6 is 35.0 Å². The van der Waals surface area contributed by atoms with E-state index < -0.39 is 0 Å². The zero-order chi connectivity index (χ0) is 17.4. The SMILES string of the molecule is COc1ccc(-c2nnc3n2NC(c2ccc(Cl)c(Cl)c2)=CS3)cc1. The van der Waals surface area contributed by atoms with Gasteiger partial charge in [-0.15, -0.1) is 10.2 Å². The van der Waals surface area contributed by atoms with Crippen LogP contribution < -0.4 is 10.2 Å². The number of nitrogens with zero attached hydrogens (tertiary/aromatic N) is 3. The molecule has 0 atom stereocenters. The molecule has 2 heterocycles. The van der Waals surface area contributed by atoms with E-state index in [9.17, 15) is 0 Å². The first kappa shape index (κ1) is 16.3. The van der Waals surface area contributed by atoms with Crippen molar-refractivity contribution < 1.29 is 4.74 Å². The van der Waals surface area contributed by atoms with E-state index >= 15 is 0 Å². The minimum Gasteiger partial charge on any atom is -0.497 e. The first-order chi connectivity index (χ1) is 12.2. The highest BCUT2D eigenvalue weighted by Crippen LogP contribution is 2.33. The van der Waals surface area contributed by atoms with E-state index in [1.165, 1.54) is 11.8 Å². The maximum atomic E-state index is 6.13. The van der Waals surface area contributed by atoms with Crippen molar-refractivity contribution in [1.29, 1.82) is 0 Å². The summed E-state index contributed by atoms with van der Waals surface area (Å²) in [6.07, 6.45) is 0. The van der Waals surface area contributed by atoms with Crippen molar-refractivity contribution >= 4 is 40.7 Å². The van der Waals surface area contributed by atoms with Crippen molar-refractivity contribution in [2.75, 3.05) is 12.5 Å². The van der Waals surface area contributed by atoms with Crippen LogP contribution in [0.3, 0.4) is 0 Å². The zero-order valence-electron chi connectivity index (χ0n) is 13.0. The fourth-order valence-corrected chi connectivity index (χ4v) is 3.46. The molecule has 0 bridgehead atoms. The number of methoxy groups -OCH3 is 1. The minimum absolute atomic E-state index is 0.511. The van der Waals surface area contributed by atoms with Gasteiger partial charge in [0.2, 0.25) is 5.16 Å². The average molecular weight is 391 g/mol. The molecule has 1 aromatic heterocycles. The lowest BCUT2D eigenvalue weighted by molar-refractivity contribution is 0.415. The summed E-state index contributed by atoms with van der Waals surface area (Å²) in [5.74, 6) is 1.51. The normalized spacial score (nSPS) is 13.0. The van der Waals surface area contributed by atoms with Crippen LogP contribution in [0.5, 0.6) is 5.75 Å². The van der Waals surface area contributed by atoms with Crippen molar-refractivity contribution in [3.05, 3.63) is 63.5 Å². The molecular weight excluding hydrogens is 379 g/mol. The van der Waals surface area contributed by atoms with Gasteiger partial charge in [0.25, 0.3) is 0 Å². The summed E-state index contributed by atoms with van der Waals surface area (Å²) in [7, 11) is 1.64. The number of benzene rings is 2. The van der Waals surface area contributed by atoms with Gasteiger partial charge in [-0.05, 0) is 36.4 Å². The average Bonchev–Trinajstić information content (AvgIpc) is 3.07. The Morgan fingerprint density at radius 1 is 1.00 bits per heavy atom. The second kappa shape index (κ2) is 6.63. The molecule has 1 aliphatic heterocycles. The van der Waals surface area contributed by atoms with Gasteiger partial charge in [0.1, 0.15) is 5.75 Å². The summed E-state index contributed by atoms with van der Waals surface area (Å²) in [6.45, 7) is 0. The molecule has 0 saturated carbocycles. The molecule has 5 nitrogen and oxygen atoms in total. The molecule has 0 fully saturated rings. The quantitative estimate of drug-likeness (QED) is 0.688. The first-order valence-electron chi connectivity index (χ1n) is 7.35. The lowest BCUT2D eigenvalue weighted by Crippen LogP contribution is -2.18. The summed E-state index contributed by atoms with van der Waals surface area (Å²) < 4.78 is 7.05. The van der Waals surface area contributed by atoms with E-state index in [1.807, 2.05) is 46.5 Å². The van der Waals surface area contributed by atoms with Crippen molar-refractivity contribution in [1.82, 2.24) is 14.9 Å². The molecule has 8 heteroatoms. The van der Waals surface area contributed by atoms with Gasteiger partial charge >= 0.3 is 0 Å². The molecule has 126 valence electrons. The van der Waals surface area contributed by atoms with E-state index in [0.29, 0.717) is 10.0 Å². The Bertz CT molecular complexity index is 969. The molecule has 0 radical (unpaired) electrons. The van der Waals surface area contributed by atoms with Crippen molar-refractivity contribution in [3.8, 4) is 17.1 Å². The van der Waals surface area contributed by atoms with E-state index in [2.05, 4.69) is 15.6 Å². The highest BCUT2D eigenvalue weighted by atomic mass is 35.5. The van der Waals surface area contributed by atoms with Crippen LogP contribution in [0.4, 0.5) is 0 Å². The van der Waals surface area contributed by atoms with Crippen LogP contribution in [0.15, 0.2) is 53.0 Å². The molecule has 0 spiro atoms. The van der Waals surface area contributed by atoms with Crippen LogP contribution in [-0.4, -0.2) is 22.0 Å². The predicted molar refractivity (Wildman–Crippen MR) is 102 cm³/mol. The fraction of sp³-hybridized carbons (Fsp3) is 0.0588. The number of nitrogens with one attached hydrogen (secondary N) is 1. The Morgan fingerprint density at radius 2 is 1.76 bits per heavy atom. The molecule has 4 rings (SSSR count). The fourth-order valence-electron chi connectivity index (χ4n) is 2.43. The third kappa shape index (κ3) is 3.08. The molecule has 0 saturated heterocycles. The number of halogens is 2. The van der Waals surface area contributed by atoms with Gasteiger partial charge in [0, 0.05) is 16.5 Å². The molecule has 1 N–H and O–H groups in total. The van der Waals surface area contributed by atoms with Gasteiger partial charge in [0.15, 0.2) is 5.82 Å². The zero-order valence-corrected chi connectivity index (χ0v) is 15.4. The van der Waals surface area contributed by atoms with Crippen LogP contribution in [0.2, 0.25) is 10.0 Å². The highest BCUT2D eigenvalue weighted by molar-refractivity contribution is 8.02. The van der Waals surface area contributed by atoms with Gasteiger partial charge in [-0.3, -0.25) is 5.43 Å². The van der Waals surface area contributed by atoms with Crippen molar-refractivity contribution in [3.63, 3.8) is 0 Å². The largest absolute Gasteiger partial charge is 0.497 e. The van der Waals surface area contributed by atoms with E-state index in [-0.39, 0.29) is 0 Å². The first-order valence-corrected chi connectivity index (χ1v) is 8.98. The maximum Gasteiger partial charge on any atom is 0.214 e. The van der Waals surface area contributed by atoms with E-state index in [0.717, 1.165) is 33.6 Å². The molecule has 1 aliphatic rings. The molecular formula is C17H12Cl2N4OS. The second-order valence-electron chi connectivity index (χ2n) is 5.26. The van der Waals surface area contributed by atoms with Crippen molar-refractivity contribution in [2.45, 2.75) is 5.16 Å². The summed E-state index contributed by atoms with van der Waals surface area (Å²) in [5, 5.41) is 12.3. The Labute approximate surface area is 158 Å². The summed E-state index contributed by atoms with van der Waals surface area (Å²) in [5.41, 5.74) is 6.09. The number of ether oxygens (including phenoxy) is 1. The smallest absolute Gasteiger partial charge is 0.214 e. The Balaban J connectivity index is 1.67. The number of aromatic nitrogens is 3. The molecule has 2 aromatic carbocycles. The second-order valence-corrected chi connectivity index (χ2v) is 6.91. The highest BCUT2D eigenvalue weighted by Gasteiger charge is 2.20. The van der Waals surface area contributed by atoms with Crippen LogP contribution in [-0.2, 0) is 0 Å². The number of hydrogen-bond acceptors (Lipinski definition) is 5. The van der Waals surface area contributed by atoms with Crippen LogP contribution in [0.1, 0.15) is 5.56 Å². The van der Waals surface area contributed by atoms with E-state index in [4.69, 9.17) is 27.9 Å². The monoisotopic (exact) mass is 390 g/mol. The van der Waals surface area contributed by atoms with Gasteiger partial charge in [-0.1, -0.05) is 41.0 Å². The third-order valence-corrected chi connectivity index (χ3v) is 5.29. The Morgan fingerprint density at radius 3 is 2.48 bits per heavy atom. The molecule has 0 unspecified atom stereocenters. The van der Waals surface area contributed by atoms with Gasteiger partial charge in [-0.2, -0.15) is 0 Å². The minimum atomic E-state index is 0.511. The van der Waals surface area contributed by atoms with Crippen LogP contribution in [0, 0.1) is 0 Å². The molecule has 0 aliphatic carbocycles. The summed E-state index contributed by atoms with van der Waals surface area (Å²) >= 11 is 13.6. The van der Waals surface area contributed by atoms with Crippen LogP contribution in [0.25, 0.3) is 17.1 Å². The topological polar surface area (TPSA) is 52.0 Å². The number of fused-ring (bicyclic) bond motifs is 1. The van der Waals surface area contributed by atoms with Gasteiger partial charge in [-0.25, -0.2) is 4.68 Å². The van der Waals surface area contributed by atoms with E-state index in [1.54, 1.807) is 13.2 Å². The number of hydrogen-bond donors (Lipinski definition) is 1. The lowest BCUT2D eigenvalue weighted by atomic mass is 10.2. The molecule has 3 aromatic rings. The Hall–Kier alpha value is -2.15. The number of rotatable bonds is 3. The number of thioether (sulfide) groups is 1. The van der Waals surface area contributed by atoms with Crippen molar-refractivity contribution in [2.24, 2.45) is 0 Å². The maximum absolute atomic E-state index is 6.13.